The summed E-state index contributed by atoms with van der Waals surface area (Å²) < 4.78 is 0. The van der Waals surface area contributed by atoms with Crippen LogP contribution in [0.15, 0.2) is 42.6 Å². The molecule has 0 saturated carbocycles. The lowest BCUT2D eigenvalue weighted by Gasteiger charge is -2.06. The molecule has 2 rings (SSSR count). The molecule has 0 fully saturated rings. The van der Waals surface area contributed by atoms with E-state index in [4.69, 9.17) is 11.6 Å². The molecule has 0 aliphatic heterocycles. The summed E-state index contributed by atoms with van der Waals surface area (Å²) in [4.78, 5) is 4.40. The molecule has 0 N–H and O–H groups in total. The van der Waals surface area contributed by atoms with Gasteiger partial charge in [0.15, 0.2) is 0 Å². The van der Waals surface area contributed by atoms with Crippen LogP contribution in [0.3, 0.4) is 0 Å². The minimum atomic E-state index is 0.750. The fourth-order valence-electron chi connectivity index (χ4n) is 1.62. The summed E-state index contributed by atoms with van der Waals surface area (Å²) in [6.07, 6.45) is 2.80. The van der Waals surface area contributed by atoms with Gasteiger partial charge in [-0.3, -0.25) is 4.98 Å². The summed E-state index contributed by atoms with van der Waals surface area (Å²) in [5.74, 6) is 0. The fraction of sp³-hybridized carbons (Fsp3) is 0.154. The third kappa shape index (κ3) is 2.18. The normalized spacial score (nSPS) is 10.3. The molecule has 0 aliphatic rings. The Kier molecular flexibility index (Phi) is 3.02. The van der Waals surface area contributed by atoms with Gasteiger partial charge in [0.2, 0.25) is 0 Å². The van der Waals surface area contributed by atoms with Gasteiger partial charge in [-0.1, -0.05) is 36.7 Å². The number of aromatic nitrogens is 1. The maximum atomic E-state index is 5.96. The average Bonchev–Trinajstić information content (AvgIpc) is 2.29. The zero-order chi connectivity index (χ0) is 10.7. The van der Waals surface area contributed by atoms with E-state index in [0.29, 0.717) is 0 Å². The smallest absolute Gasteiger partial charge is 0.0734 e. The van der Waals surface area contributed by atoms with Crippen molar-refractivity contribution in [3.05, 3.63) is 53.2 Å². The van der Waals surface area contributed by atoms with E-state index in [1.807, 2.05) is 36.5 Å². The Labute approximate surface area is 94.7 Å². The highest BCUT2D eigenvalue weighted by atomic mass is 35.5. The van der Waals surface area contributed by atoms with Crippen molar-refractivity contribution >= 4 is 11.6 Å². The van der Waals surface area contributed by atoms with Crippen LogP contribution in [-0.2, 0) is 6.42 Å². The third-order valence-corrected chi connectivity index (χ3v) is 2.61. The first-order valence-electron chi connectivity index (χ1n) is 5.01. The predicted octanol–water partition coefficient (Wildman–Crippen LogP) is 3.96. The number of nitrogens with zero attached hydrogens (tertiary/aromatic N) is 1. The molecule has 1 heterocycles. The monoisotopic (exact) mass is 217 g/mol. The molecule has 1 nitrogen and oxygen atoms in total. The summed E-state index contributed by atoms with van der Waals surface area (Å²) in [6, 6.07) is 11.9. The standard InChI is InChI=1S/C13H12ClN/c1-2-10-6-4-8-15-13(10)11-5-3-7-12(14)9-11/h3-9H,2H2,1H3. The molecular weight excluding hydrogens is 206 g/mol. The average molecular weight is 218 g/mol. The SMILES string of the molecule is CCc1cccnc1-c1cccc(Cl)c1. The number of aryl methyl sites for hydroxylation is 1. The van der Waals surface area contributed by atoms with E-state index in [9.17, 15) is 0 Å². The van der Waals surface area contributed by atoms with Crippen molar-refractivity contribution in [3.8, 4) is 11.3 Å². The molecule has 1 aromatic carbocycles. The highest BCUT2D eigenvalue weighted by molar-refractivity contribution is 6.30. The van der Waals surface area contributed by atoms with Gasteiger partial charge in [-0.05, 0) is 30.2 Å². The Morgan fingerprint density at radius 3 is 2.80 bits per heavy atom. The van der Waals surface area contributed by atoms with Crippen LogP contribution in [0.1, 0.15) is 12.5 Å². The van der Waals surface area contributed by atoms with Gasteiger partial charge in [-0.15, -0.1) is 0 Å². The molecule has 0 saturated heterocycles. The van der Waals surface area contributed by atoms with Crippen LogP contribution in [0.2, 0.25) is 5.02 Å². The highest BCUT2D eigenvalue weighted by Crippen LogP contribution is 2.24. The summed E-state index contributed by atoms with van der Waals surface area (Å²) in [7, 11) is 0. The second kappa shape index (κ2) is 4.45. The highest BCUT2D eigenvalue weighted by Gasteiger charge is 2.04. The maximum Gasteiger partial charge on any atom is 0.0734 e. The molecule has 2 aromatic rings. The first-order chi connectivity index (χ1) is 7.31. The van der Waals surface area contributed by atoms with E-state index in [1.54, 1.807) is 0 Å². The molecule has 0 radical (unpaired) electrons. The van der Waals surface area contributed by atoms with Gasteiger partial charge in [-0.2, -0.15) is 0 Å². The lowest BCUT2D eigenvalue weighted by molar-refractivity contribution is 1.11. The molecular formula is C13H12ClN. The molecule has 2 heteroatoms. The summed E-state index contributed by atoms with van der Waals surface area (Å²) in [6.45, 7) is 2.13. The Balaban J connectivity index is 2.53. The first kappa shape index (κ1) is 10.2. The maximum absolute atomic E-state index is 5.96. The van der Waals surface area contributed by atoms with Crippen LogP contribution < -0.4 is 0 Å². The largest absolute Gasteiger partial charge is 0.256 e. The van der Waals surface area contributed by atoms with Crippen LogP contribution in [0.5, 0.6) is 0 Å². The van der Waals surface area contributed by atoms with E-state index in [0.717, 1.165) is 22.7 Å². The molecule has 0 bridgehead atoms. The van der Waals surface area contributed by atoms with Crippen LogP contribution in [-0.4, -0.2) is 4.98 Å². The lowest BCUT2D eigenvalue weighted by atomic mass is 10.0. The molecule has 0 aliphatic carbocycles. The number of hydrogen-bond acceptors (Lipinski definition) is 1. The van der Waals surface area contributed by atoms with E-state index >= 15 is 0 Å². The lowest BCUT2D eigenvalue weighted by Crippen LogP contribution is -1.90. The van der Waals surface area contributed by atoms with E-state index in [2.05, 4.69) is 18.0 Å². The van der Waals surface area contributed by atoms with Gasteiger partial charge >= 0.3 is 0 Å². The van der Waals surface area contributed by atoms with Crippen molar-refractivity contribution in [1.29, 1.82) is 0 Å². The molecule has 15 heavy (non-hydrogen) atoms. The van der Waals surface area contributed by atoms with Crippen molar-refractivity contribution in [2.24, 2.45) is 0 Å². The number of rotatable bonds is 2. The van der Waals surface area contributed by atoms with Gasteiger partial charge in [0, 0.05) is 16.8 Å². The van der Waals surface area contributed by atoms with Crippen molar-refractivity contribution in [3.63, 3.8) is 0 Å². The number of hydrogen-bond donors (Lipinski definition) is 0. The molecule has 0 spiro atoms. The van der Waals surface area contributed by atoms with Crippen molar-refractivity contribution in [1.82, 2.24) is 4.98 Å². The number of pyridine rings is 1. The second-order valence-electron chi connectivity index (χ2n) is 3.38. The number of benzene rings is 1. The Morgan fingerprint density at radius 2 is 2.07 bits per heavy atom. The molecule has 0 amide bonds. The predicted molar refractivity (Wildman–Crippen MR) is 64.1 cm³/mol. The van der Waals surface area contributed by atoms with Crippen molar-refractivity contribution < 1.29 is 0 Å². The van der Waals surface area contributed by atoms with Crippen LogP contribution in [0, 0.1) is 0 Å². The molecule has 0 atom stereocenters. The van der Waals surface area contributed by atoms with Gasteiger partial charge in [-0.25, -0.2) is 0 Å². The minimum absolute atomic E-state index is 0.750. The fourth-order valence-corrected chi connectivity index (χ4v) is 1.81. The zero-order valence-corrected chi connectivity index (χ0v) is 9.33. The van der Waals surface area contributed by atoms with Crippen molar-refractivity contribution in [2.75, 3.05) is 0 Å². The first-order valence-corrected chi connectivity index (χ1v) is 5.39. The van der Waals surface area contributed by atoms with Crippen LogP contribution in [0.25, 0.3) is 11.3 Å². The topological polar surface area (TPSA) is 12.9 Å². The van der Waals surface area contributed by atoms with Gasteiger partial charge in [0.05, 0.1) is 5.69 Å². The summed E-state index contributed by atoms with van der Waals surface area (Å²) >= 11 is 5.96. The Hall–Kier alpha value is -1.34. The number of halogens is 1. The van der Waals surface area contributed by atoms with Gasteiger partial charge < -0.3 is 0 Å². The Morgan fingerprint density at radius 1 is 1.20 bits per heavy atom. The third-order valence-electron chi connectivity index (χ3n) is 2.37. The molecule has 76 valence electrons. The van der Waals surface area contributed by atoms with Gasteiger partial charge in [0.1, 0.15) is 0 Å². The van der Waals surface area contributed by atoms with E-state index in [-0.39, 0.29) is 0 Å². The van der Waals surface area contributed by atoms with Gasteiger partial charge in [0.25, 0.3) is 0 Å². The summed E-state index contributed by atoms with van der Waals surface area (Å²) in [5, 5.41) is 0.750. The minimum Gasteiger partial charge on any atom is -0.256 e. The van der Waals surface area contributed by atoms with Crippen LogP contribution in [0.4, 0.5) is 0 Å². The van der Waals surface area contributed by atoms with E-state index < -0.39 is 0 Å². The molecule has 0 unspecified atom stereocenters. The summed E-state index contributed by atoms with van der Waals surface area (Å²) in [5.41, 5.74) is 3.36. The zero-order valence-electron chi connectivity index (χ0n) is 8.57. The quantitative estimate of drug-likeness (QED) is 0.742. The van der Waals surface area contributed by atoms with E-state index in [1.165, 1.54) is 5.56 Å². The second-order valence-corrected chi connectivity index (χ2v) is 3.81. The molecule has 1 aromatic heterocycles. The Bertz CT molecular complexity index is 466. The van der Waals surface area contributed by atoms with Crippen molar-refractivity contribution in [2.45, 2.75) is 13.3 Å². The van der Waals surface area contributed by atoms with Crippen LogP contribution >= 0.6 is 11.6 Å².